The number of quaternary nitrogens is 1. The summed E-state index contributed by atoms with van der Waals surface area (Å²) in [6, 6.07) is 0. The lowest BCUT2D eigenvalue weighted by molar-refractivity contribution is -0.911. The van der Waals surface area contributed by atoms with E-state index in [0.29, 0.717) is 11.0 Å². The highest BCUT2D eigenvalue weighted by Gasteiger charge is 2.23. The number of aliphatic carboxylic acids is 1. The summed E-state index contributed by atoms with van der Waals surface area (Å²) in [5.74, 6) is -0.769. The van der Waals surface area contributed by atoms with Crippen molar-refractivity contribution < 1.29 is 14.4 Å². The van der Waals surface area contributed by atoms with E-state index in [2.05, 4.69) is 19.7 Å². The lowest BCUT2D eigenvalue weighted by Crippen LogP contribution is -2.49. The van der Waals surface area contributed by atoms with Gasteiger partial charge in [-0.05, 0) is 18.2 Å². The zero-order chi connectivity index (χ0) is 11.7. The van der Waals surface area contributed by atoms with Gasteiger partial charge in [-0.3, -0.25) is 4.79 Å². The molecule has 0 heterocycles. The van der Waals surface area contributed by atoms with Crippen LogP contribution in [-0.4, -0.2) is 41.7 Å². The van der Waals surface area contributed by atoms with Crippen molar-refractivity contribution in [2.24, 2.45) is 0 Å². The number of hydrogen-bond donors (Lipinski definition) is 1. The minimum absolute atomic E-state index is 0.162. The highest BCUT2D eigenvalue weighted by atomic mass is 16.4. The fraction of sp³-hybridized carbons (Fsp3) is 0.417. The molecule has 3 nitrogen and oxygen atoms in total. The predicted octanol–water partition coefficient (Wildman–Crippen LogP) is 1.84. The van der Waals surface area contributed by atoms with Crippen LogP contribution in [0.4, 0.5) is 0 Å². The first-order chi connectivity index (χ1) is 7.10. The Morgan fingerprint density at radius 2 is 1.47 bits per heavy atom. The molecule has 0 radical (unpaired) electrons. The van der Waals surface area contributed by atoms with E-state index in [0.717, 1.165) is 19.6 Å². The monoisotopic (exact) mass is 210 g/mol. The summed E-state index contributed by atoms with van der Waals surface area (Å²) in [6.07, 6.45) is 5.61. The third-order valence-corrected chi connectivity index (χ3v) is 2.35. The Labute approximate surface area is 91.6 Å². The Balaban J connectivity index is 4.57. The molecule has 0 bridgehead atoms. The molecule has 0 amide bonds. The van der Waals surface area contributed by atoms with Gasteiger partial charge in [0.1, 0.15) is 0 Å². The molecule has 1 N–H and O–H groups in total. The van der Waals surface area contributed by atoms with Crippen molar-refractivity contribution >= 4 is 5.97 Å². The van der Waals surface area contributed by atoms with Gasteiger partial charge in [-0.1, -0.05) is 19.7 Å². The highest BCUT2D eigenvalue weighted by molar-refractivity contribution is 5.66. The maximum Gasteiger partial charge on any atom is 0.309 e. The number of rotatable bonds is 9. The van der Waals surface area contributed by atoms with E-state index < -0.39 is 5.97 Å². The lowest BCUT2D eigenvalue weighted by atomic mass is 10.2. The second kappa shape index (κ2) is 7.01. The van der Waals surface area contributed by atoms with Crippen LogP contribution in [0.5, 0.6) is 0 Å². The first-order valence-corrected chi connectivity index (χ1v) is 5.00. The molecule has 0 aromatic heterocycles. The molecule has 0 atom stereocenters. The van der Waals surface area contributed by atoms with E-state index >= 15 is 0 Å². The van der Waals surface area contributed by atoms with Crippen LogP contribution in [0.3, 0.4) is 0 Å². The summed E-state index contributed by atoms with van der Waals surface area (Å²) in [4.78, 5) is 10.6. The maximum atomic E-state index is 10.6. The zero-order valence-electron chi connectivity index (χ0n) is 9.19. The molecule has 0 aliphatic carbocycles. The van der Waals surface area contributed by atoms with Crippen molar-refractivity contribution in [3.05, 3.63) is 38.0 Å². The molecule has 0 unspecified atom stereocenters. The SMILES string of the molecule is C=CC[N+](CC=C)(CC=C)CCC(=O)O. The molecule has 15 heavy (non-hydrogen) atoms. The first kappa shape index (κ1) is 13.7. The number of carboxylic acids is 1. The molecule has 0 rings (SSSR count). The van der Waals surface area contributed by atoms with Crippen molar-refractivity contribution in [1.29, 1.82) is 0 Å². The van der Waals surface area contributed by atoms with Gasteiger partial charge in [-0.2, -0.15) is 0 Å². The molecule has 0 aliphatic heterocycles. The van der Waals surface area contributed by atoms with Crippen LogP contribution in [-0.2, 0) is 4.79 Å². The maximum absolute atomic E-state index is 10.6. The van der Waals surface area contributed by atoms with Crippen molar-refractivity contribution in [1.82, 2.24) is 0 Å². The summed E-state index contributed by atoms with van der Waals surface area (Å²) in [6.45, 7) is 13.9. The van der Waals surface area contributed by atoms with Gasteiger partial charge in [0.25, 0.3) is 0 Å². The van der Waals surface area contributed by atoms with E-state index in [1.165, 1.54) is 0 Å². The van der Waals surface area contributed by atoms with Gasteiger partial charge in [-0.25, -0.2) is 0 Å². The van der Waals surface area contributed by atoms with E-state index in [4.69, 9.17) is 5.11 Å². The smallest absolute Gasteiger partial charge is 0.309 e. The molecule has 0 aromatic carbocycles. The van der Waals surface area contributed by atoms with Gasteiger partial charge in [0.2, 0.25) is 0 Å². The Hall–Kier alpha value is -1.35. The molecular weight excluding hydrogens is 190 g/mol. The fourth-order valence-electron chi connectivity index (χ4n) is 1.65. The summed E-state index contributed by atoms with van der Waals surface area (Å²) >= 11 is 0. The zero-order valence-corrected chi connectivity index (χ0v) is 9.19. The number of carboxylic acid groups (broad SMARTS) is 1. The molecule has 0 fully saturated rings. The standard InChI is InChI=1S/C12H19NO2/c1-4-8-13(9-5-2,10-6-3)11-7-12(14)15/h4-6H,1-3,7-11H2/p+1. The van der Waals surface area contributed by atoms with Crippen LogP contribution < -0.4 is 0 Å². The van der Waals surface area contributed by atoms with Crippen LogP contribution in [0.1, 0.15) is 6.42 Å². The first-order valence-electron chi connectivity index (χ1n) is 5.00. The summed E-state index contributed by atoms with van der Waals surface area (Å²) < 4.78 is 0.642. The van der Waals surface area contributed by atoms with Crippen LogP contribution in [0.2, 0.25) is 0 Å². The van der Waals surface area contributed by atoms with E-state index in [1.54, 1.807) is 0 Å². The van der Waals surface area contributed by atoms with Crippen molar-refractivity contribution in [3.8, 4) is 0 Å². The Morgan fingerprint density at radius 3 is 1.73 bits per heavy atom. The van der Waals surface area contributed by atoms with Crippen LogP contribution in [0.15, 0.2) is 38.0 Å². The van der Waals surface area contributed by atoms with Crippen molar-refractivity contribution in [2.45, 2.75) is 6.42 Å². The van der Waals surface area contributed by atoms with E-state index in [1.807, 2.05) is 18.2 Å². The lowest BCUT2D eigenvalue weighted by Gasteiger charge is -2.35. The average Bonchev–Trinajstić information content (AvgIpc) is 2.16. The quantitative estimate of drug-likeness (QED) is 0.465. The van der Waals surface area contributed by atoms with Crippen molar-refractivity contribution in [3.63, 3.8) is 0 Å². The number of carbonyl (C=O) groups is 1. The number of nitrogens with zero attached hydrogens (tertiary/aromatic N) is 1. The highest BCUT2D eigenvalue weighted by Crippen LogP contribution is 2.09. The Kier molecular flexibility index (Phi) is 6.38. The Morgan fingerprint density at radius 1 is 1.07 bits per heavy atom. The largest absolute Gasteiger partial charge is 0.481 e. The van der Waals surface area contributed by atoms with Gasteiger partial charge in [-0.15, -0.1) is 0 Å². The third-order valence-electron chi connectivity index (χ3n) is 2.35. The van der Waals surface area contributed by atoms with E-state index in [9.17, 15) is 4.79 Å². The second-order valence-corrected chi connectivity index (χ2v) is 3.62. The van der Waals surface area contributed by atoms with Gasteiger partial charge in [0.05, 0.1) is 32.6 Å². The second-order valence-electron chi connectivity index (χ2n) is 3.62. The minimum Gasteiger partial charge on any atom is -0.481 e. The Bertz CT molecular complexity index is 219. The molecule has 0 spiro atoms. The van der Waals surface area contributed by atoms with Crippen LogP contribution in [0.25, 0.3) is 0 Å². The molecule has 0 aromatic rings. The summed E-state index contributed by atoms with van der Waals surface area (Å²) in [5.41, 5.74) is 0. The summed E-state index contributed by atoms with van der Waals surface area (Å²) in [7, 11) is 0. The fourth-order valence-corrected chi connectivity index (χ4v) is 1.65. The number of hydrogen-bond acceptors (Lipinski definition) is 1. The topological polar surface area (TPSA) is 37.3 Å². The van der Waals surface area contributed by atoms with Crippen LogP contribution >= 0.6 is 0 Å². The van der Waals surface area contributed by atoms with Gasteiger partial charge in [0.15, 0.2) is 0 Å². The van der Waals surface area contributed by atoms with E-state index in [-0.39, 0.29) is 6.42 Å². The molecule has 0 saturated heterocycles. The molecule has 84 valence electrons. The van der Waals surface area contributed by atoms with Crippen molar-refractivity contribution in [2.75, 3.05) is 26.2 Å². The van der Waals surface area contributed by atoms with Gasteiger partial charge in [0, 0.05) is 0 Å². The average molecular weight is 210 g/mol. The summed E-state index contributed by atoms with van der Waals surface area (Å²) in [5, 5.41) is 8.69. The third kappa shape index (κ3) is 5.18. The normalized spacial score (nSPS) is 10.7. The van der Waals surface area contributed by atoms with Gasteiger partial charge >= 0.3 is 5.97 Å². The molecule has 0 saturated carbocycles. The molecular formula is C12H20NO2+. The van der Waals surface area contributed by atoms with Gasteiger partial charge < -0.3 is 9.59 Å². The minimum atomic E-state index is -0.769. The predicted molar refractivity (Wildman–Crippen MR) is 62.6 cm³/mol. The molecule has 0 aliphatic rings. The van der Waals surface area contributed by atoms with Crippen LogP contribution in [0, 0.1) is 0 Å². The molecule has 3 heteroatoms.